The zero-order valence-corrected chi connectivity index (χ0v) is 20.7. The number of nitrogens with zero attached hydrogens (tertiary/aromatic N) is 2. The fourth-order valence-corrected chi connectivity index (χ4v) is 5.70. The van der Waals surface area contributed by atoms with Crippen LogP contribution in [0.2, 0.25) is 0 Å². The first-order chi connectivity index (χ1) is 16.5. The van der Waals surface area contributed by atoms with Crippen LogP contribution < -0.4 is 4.74 Å². The van der Waals surface area contributed by atoms with Gasteiger partial charge >= 0.3 is 0 Å². The number of ether oxygens (including phenoxy) is 1. The van der Waals surface area contributed by atoms with E-state index < -0.39 is 0 Å². The van der Waals surface area contributed by atoms with Gasteiger partial charge in [0.1, 0.15) is 0 Å². The fourth-order valence-electron chi connectivity index (χ4n) is 4.65. The largest absolute Gasteiger partial charge is 0.504 e. The number of para-hydroxylation sites is 1. The van der Waals surface area contributed by atoms with Crippen molar-refractivity contribution in [1.82, 2.24) is 4.90 Å². The van der Waals surface area contributed by atoms with Crippen molar-refractivity contribution in [2.75, 3.05) is 6.61 Å². The number of aromatic hydroxyl groups is 1. The SMILES string of the molecule is C=CCc1cc(/C=C2\SC(=Nc3ccccc3)N([C@@H]3CCCC[C@@H]3C)C2=O)cc(OCC)c1O. The van der Waals surface area contributed by atoms with Crippen LogP contribution in [0.25, 0.3) is 6.08 Å². The molecule has 34 heavy (non-hydrogen) atoms. The summed E-state index contributed by atoms with van der Waals surface area (Å²) in [7, 11) is 0. The second-order valence-electron chi connectivity index (χ2n) is 8.80. The molecular formula is C28H32N2O3S. The molecule has 5 nitrogen and oxygen atoms in total. The number of rotatable bonds is 7. The number of amidine groups is 1. The molecule has 6 heteroatoms. The monoisotopic (exact) mass is 476 g/mol. The van der Waals surface area contributed by atoms with E-state index in [2.05, 4.69) is 13.5 Å². The van der Waals surface area contributed by atoms with E-state index in [9.17, 15) is 9.90 Å². The maximum absolute atomic E-state index is 13.7. The molecule has 1 aliphatic heterocycles. The van der Waals surface area contributed by atoms with Crippen molar-refractivity contribution in [3.63, 3.8) is 0 Å². The number of allylic oxidation sites excluding steroid dienone is 1. The van der Waals surface area contributed by atoms with Crippen molar-refractivity contribution < 1.29 is 14.6 Å². The standard InChI is InChI=1S/C28H32N2O3S/c1-4-11-21-16-20(17-24(26(21)31)33-5-2)18-25-27(32)30(23-15-10-9-12-19(23)3)28(34-25)29-22-13-7-6-8-14-22/h4,6-8,13-14,16-19,23,31H,1,5,9-12,15H2,2-3H3/b25-18-,29-28?/t19-,23+/m0/s1. The van der Waals surface area contributed by atoms with E-state index in [4.69, 9.17) is 9.73 Å². The Morgan fingerprint density at radius 1 is 1.24 bits per heavy atom. The zero-order chi connectivity index (χ0) is 24.1. The molecule has 0 spiro atoms. The minimum Gasteiger partial charge on any atom is -0.504 e. The molecular weight excluding hydrogens is 444 g/mol. The molecule has 1 saturated carbocycles. The summed E-state index contributed by atoms with van der Waals surface area (Å²) in [6, 6.07) is 13.6. The van der Waals surface area contributed by atoms with Gasteiger partial charge in [0.25, 0.3) is 5.91 Å². The van der Waals surface area contributed by atoms with Crippen molar-refractivity contribution in [2.24, 2.45) is 10.9 Å². The number of hydrogen-bond acceptors (Lipinski definition) is 5. The van der Waals surface area contributed by atoms with Gasteiger partial charge in [0, 0.05) is 11.6 Å². The molecule has 0 radical (unpaired) electrons. The maximum atomic E-state index is 13.7. The lowest BCUT2D eigenvalue weighted by Gasteiger charge is -2.35. The summed E-state index contributed by atoms with van der Waals surface area (Å²) in [4.78, 5) is 21.1. The van der Waals surface area contributed by atoms with Crippen molar-refractivity contribution in [3.05, 3.63) is 71.2 Å². The lowest BCUT2D eigenvalue weighted by molar-refractivity contribution is -0.124. The Labute approximate surface area is 206 Å². The molecule has 1 amide bonds. The van der Waals surface area contributed by atoms with Gasteiger partial charge in [0.05, 0.1) is 17.2 Å². The van der Waals surface area contributed by atoms with Crippen LogP contribution >= 0.6 is 11.8 Å². The first kappa shape index (κ1) is 24.1. The molecule has 2 aliphatic rings. The summed E-state index contributed by atoms with van der Waals surface area (Å²) >= 11 is 1.42. The van der Waals surface area contributed by atoms with Crippen molar-refractivity contribution in [3.8, 4) is 11.5 Å². The molecule has 0 bridgehead atoms. The lowest BCUT2D eigenvalue weighted by Crippen LogP contribution is -2.44. The summed E-state index contributed by atoms with van der Waals surface area (Å²) in [5, 5.41) is 11.3. The second kappa shape index (κ2) is 11.0. The van der Waals surface area contributed by atoms with Crippen molar-refractivity contribution in [1.29, 1.82) is 0 Å². The van der Waals surface area contributed by atoms with Gasteiger partial charge in [-0.25, -0.2) is 4.99 Å². The molecule has 1 saturated heterocycles. The number of thioether (sulfide) groups is 1. The molecule has 2 aromatic rings. The van der Waals surface area contributed by atoms with Crippen molar-refractivity contribution >= 4 is 34.6 Å². The summed E-state index contributed by atoms with van der Waals surface area (Å²) < 4.78 is 5.65. The van der Waals surface area contributed by atoms with Crippen LogP contribution in [0.15, 0.2) is 65.0 Å². The van der Waals surface area contributed by atoms with Crippen LogP contribution in [-0.4, -0.2) is 33.7 Å². The number of aliphatic imine (C=N–C) groups is 1. The molecule has 0 unspecified atom stereocenters. The molecule has 1 N–H and O–H groups in total. The molecule has 4 rings (SSSR count). The predicted octanol–water partition coefficient (Wildman–Crippen LogP) is 6.70. The number of amides is 1. The first-order valence-corrected chi connectivity index (χ1v) is 12.8. The Kier molecular flexibility index (Phi) is 7.78. The van der Waals surface area contributed by atoms with Crippen LogP contribution in [0.1, 0.15) is 50.7 Å². The van der Waals surface area contributed by atoms with Gasteiger partial charge in [-0.3, -0.25) is 9.69 Å². The summed E-state index contributed by atoms with van der Waals surface area (Å²) in [5.74, 6) is 0.962. The third kappa shape index (κ3) is 5.22. The third-order valence-electron chi connectivity index (χ3n) is 6.35. The van der Waals surface area contributed by atoms with Crippen LogP contribution in [-0.2, 0) is 11.2 Å². The minimum atomic E-state index is -0.00487. The Morgan fingerprint density at radius 2 is 2.00 bits per heavy atom. The predicted molar refractivity (Wildman–Crippen MR) is 141 cm³/mol. The number of hydrogen-bond donors (Lipinski definition) is 1. The zero-order valence-electron chi connectivity index (χ0n) is 19.9. The lowest BCUT2D eigenvalue weighted by atomic mass is 9.85. The average molecular weight is 477 g/mol. The van der Waals surface area contributed by atoms with E-state index in [-0.39, 0.29) is 17.7 Å². The van der Waals surface area contributed by atoms with Gasteiger partial charge in [0.15, 0.2) is 16.7 Å². The first-order valence-electron chi connectivity index (χ1n) is 12.0. The van der Waals surface area contributed by atoms with E-state index in [1.165, 1.54) is 18.2 Å². The smallest absolute Gasteiger partial charge is 0.267 e. The molecule has 2 aromatic carbocycles. The molecule has 1 heterocycles. The Balaban J connectivity index is 1.74. The number of carbonyl (C=O) groups is 1. The fraction of sp³-hybridized carbons (Fsp3) is 0.357. The van der Waals surface area contributed by atoms with Crippen LogP contribution in [0.3, 0.4) is 0 Å². The Hall–Kier alpha value is -2.99. The molecule has 0 aromatic heterocycles. The second-order valence-corrected chi connectivity index (χ2v) is 9.81. The molecule has 1 aliphatic carbocycles. The molecule has 2 fully saturated rings. The average Bonchev–Trinajstić information content (AvgIpc) is 3.12. The van der Waals surface area contributed by atoms with E-state index in [1.807, 2.05) is 54.3 Å². The number of phenolic OH excluding ortho intramolecular Hbond substituents is 1. The molecule has 178 valence electrons. The number of carbonyl (C=O) groups excluding carboxylic acids is 1. The van der Waals surface area contributed by atoms with Crippen LogP contribution in [0.5, 0.6) is 11.5 Å². The van der Waals surface area contributed by atoms with E-state index in [0.717, 1.165) is 41.2 Å². The highest BCUT2D eigenvalue weighted by Gasteiger charge is 2.41. The van der Waals surface area contributed by atoms with E-state index in [1.54, 1.807) is 12.1 Å². The van der Waals surface area contributed by atoms with Crippen molar-refractivity contribution in [2.45, 2.75) is 52.0 Å². The van der Waals surface area contributed by atoms with Gasteiger partial charge in [-0.2, -0.15) is 0 Å². The van der Waals surface area contributed by atoms with Gasteiger partial charge in [0.2, 0.25) is 0 Å². The number of benzene rings is 2. The van der Waals surface area contributed by atoms with Crippen LogP contribution in [0, 0.1) is 5.92 Å². The minimum absolute atomic E-state index is 0.00487. The van der Waals surface area contributed by atoms with Crippen LogP contribution in [0.4, 0.5) is 5.69 Å². The van der Waals surface area contributed by atoms with E-state index in [0.29, 0.717) is 29.6 Å². The normalized spacial score (nSPS) is 23.0. The van der Waals surface area contributed by atoms with Gasteiger partial charge in [-0.15, -0.1) is 6.58 Å². The highest BCUT2D eigenvalue weighted by molar-refractivity contribution is 8.18. The number of phenols is 1. The van der Waals surface area contributed by atoms with Gasteiger partial charge in [-0.05, 0) is 79.8 Å². The summed E-state index contributed by atoms with van der Waals surface area (Å²) in [6.45, 7) is 8.34. The van der Waals surface area contributed by atoms with Gasteiger partial charge in [-0.1, -0.05) is 44.0 Å². The van der Waals surface area contributed by atoms with Gasteiger partial charge < -0.3 is 9.84 Å². The highest BCUT2D eigenvalue weighted by Crippen LogP contribution is 2.41. The van der Waals surface area contributed by atoms with E-state index >= 15 is 0 Å². The highest BCUT2D eigenvalue weighted by atomic mass is 32.2. The Morgan fingerprint density at radius 3 is 2.71 bits per heavy atom. The third-order valence-corrected chi connectivity index (χ3v) is 7.34. The topological polar surface area (TPSA) is 62.1 Å². The maximum Gasteiger partial charge on any atom is 0.267 e. The quantitative estimate of drug-likeness (QED) is 0.357. The summed E-state index contributed by atoms with van der Waals surface area (Å²) in [5.41, 5.74) is 2.37. The molecule has 2 atom stereocenters. The Bertz CT molecular complexity index is 1110. The summed E-state index contributed by atoms with van der Waals surface area (Å²) in [6.07, 6.45) is 8.59.